The Bertz CT molecular complexity index is 1320. The van der Waals surface area contributed by atoms with Crippen LogP contribution in [0.3, 0.4) is 0 Å². The predicted octanol–water partition coefficient (Wildman–Crippen LogP) is 8.74. The molecule has 0 amide bonds. The average Bonchev–Trinajstić information content (AvgIpc) is 3.63. The Hall–Kier alpha value is -3.00. The van der Waals surface area contributed by atoms with E-state index in [1.807, 2.05) is 6.20 Å². The van der Waals surface area contributed by atoms with E-state index in [0.717, 1.165) is 18.8 Å². The van der Waals surface area contributed by atoms with Crippen molar-refractivity contribution in [3.8, 4) is 0 Å². The molecule has 3 aliphatic rings. The van der Waals surface area contributed by atoms with Crippen LogP contribution in [-0.2, 0) is 24.1 Å². The first-order valence-electron chi connectivity index (χ1n) is 15.0. The number of rotatable bonds is 8. The van der Waals surface area contributed by atoms with Gasteiger partial charge >= 0.3 is 0 Å². The monoisotopic (exact) mass is 503 g/mol. The van der Waals surface area contributed by atoms with E-state index in [-0.39, 0.29) is 0 Å². The molecule has 4 atom stereocenters. The van der Waals surface area contributed by atoms with Gasteiger partial charge in [0.1, 0.15) is 5.78 Å². The zero-order valence-corrected chi connectivity index (χ0v) is 22.9. The maximum absolute atomic E-state index is 13.3. The Kier molecular flexibility index (Phi) is 7.58. The molecule has 2 saturated carbocycles. The minimum Gasteiger partial charge on any atom is -0.299 e. The first-order valence-corrected chi connectivity index (χ1v) is 15.0. The fourth-order valence-corrected chi connectivity index (χ4v) is 7.55. The topological polar surface area (TPSA) is 30.0 Å². The highest BCUT2D eigenvalue weighted by Crippen LogP contribution is 2.43. The number of Topliss-reactive ketones (excluding diaryl/α,β-unsaturated/α-hetero) is 1. The highest BCUT2D eigenvalue weighted by Gasteiger charge is 2.29. The van der Waals surface area contributed by atoms with Crippen LogP contribution < -0.4 is 0 Å². The normalized spacial score (nSPS) is 24.4. The third-order valence-electron chi connectivity index (χ3n) is 9.62. The summed E-state index contributed by atoms with van der Waals surface area (Å²) in [6, 6.07) is 19.8. The van der Waals surface area contributed by atoms with Gasteiger partial charge in [-0.05, 0) is 102 Å². The molecular formula is C36H41NO. The third kappa shape index (κ3) is 5.41. The average molecular weight is 504 g/mol. The molecule has 1 aromatic heterocycles. The lowest BCUT2D eigenvalue weighted by Gasteiger charge is -2.30. The Morgan fingerprint density at radius 2 is 1.79 bits per heavy atom. The maximum atomic E-state index is 13.3. The molecule has 3 aliphatic carbocycles. The summed E-state index contributed by atoms with van der Waals surface area (Å²) < 4.78 is 0. The van der Waals surface area contributed by atoms with Crippen molar-refractivity contribution in [3.63, 3.8) is 0 Å². The van der Waals surface area contributed by atoms with Crippen LogP contribution in [0.4, 0.5) is 0 Å². The smallest absolute Gasteiger partial charge is 0.141 e. The summed E-state index contributed by atoms with van der Waals surface area (Å²) in [5, 5.41) is 0. The van der Waals surface area contributed by atoms with Crippen LogP contribution >= 0.6 is 0 Å². The number of aromatic nitrogens is 1. The second-order valence-electron chi connectivity index (χ2n) is 12.1. The number of benzene rings is 2. The molecule has 2 aromatic carbocycles. The molecule has 6 rings (SSSR count). The molecular weight excluding hydrogens is 462 g/mol. The quantitative estimate of drug-likeness (QED) is 0.307. The van der Waals surface area contributed by atoms with E-state index >= 15 is 0 Å². The minimum absolute atomic E-state index is 0.331. The van der Waals surface area contributed by atoms with Crippen LogP contribution in [0.5, 0.6) is 0 Å². The van der Waals surface area contributed by atoms with Crippen molar-refractivity contribution in [2.24, 2.45) is 5.92 Å². The van der Waals surface area contributed by atoms with E-state index in [9.17, 15) is 4.79 Å². The molecule has 2 fully saturated rings. The van der Waals surface area contributed by atoms with E-state index in [1.165, 1.54) is 84.0 Å². The van der Waals surface area contributed by atoms with Gasteiger partial charge in [0.05, 0.1) is 5.69 Å². The van der Waals surface area contributed by atoms with Crippen molar-refractivity contribution >= 4 is 11.9 Å². The molecule has 38 heavy (non-hydrogen) atoms. The van der Waals surface area contributed by atoms with Crippen molar-refractivity contribution < 1.29 is 4.79 Å². The van der Waals surface area contributed by atoms with Gasteiger partial charge in [0.2, 0.25) is 0 Å². The molecule has 0 saturated heterocycles. The van der Waals surface area contributed by atoms with E-state index in [2.05, 4.69) is 73.7 Å². The van der Waals surface area contributed by atoms with Gasteiger partial charge in [-0.3, -0.25) is 9.78 Å². The van der Waals surface area contributed by atoms with Gasteiger partial charge in [-0.25, -0.2) is 0 Å². The fourth-order valence-electron chi connectivity index (χ4n) is 7.55. The van der Waals surface area contributed by atoms with Crippen molar-refractivity contribution in [3.05, 3.63) is 106 Å². The van der Waals surface area contributed by atoms with Gasteiger partial charge in [0, 0.05) is 25.0 Å². The molecule has 3 unspecified atom stereocenters. The van der Waals surface area contributed by atoms with Crippen LogP contribution in [0.2, 0.25) is 0 Å². The molecule has 0 N–H and O–H groups in total. The number of hydrogen-bond donors (Lipinski definition) is 0. The number of carbonyl (C=O) groups excluding carboxylic acids is 1. The zero-order valence-electron chi connectivity index (χ0n) is 22.9. The number of nitrogens with zero attached hydrogens (tertiary/aromatic N) is 1. The molecule has 0 spiro atoms. The van der Waals surface area contributed by atoms with Gasteiger partial charge in [0.15, 0.2) is 0 Å². The van der Waals surface area contributed by atoms with Gasteiger partial charge in [0.25, 0.3) is 0 Å². The van der Waals surface area contributed by atoms with E-state index in [1.54, 1.807) is 0 Å². The van der Waals surface area contributed by atoms with E-state index in [4.69, 9.17) is 4.98 Å². The summed E-state index contributed by atoms with van der Waals surface area (Å²) in [6.45, 7) is 2.31. The molecule has 0 aliphatic heterocycles. The molecule has 2 nitrogen and oxygen atoms in total. The second-order valence-corrected chi connectivity index (χ2v) is 12.1. The Balaban J connectivity index is 1.13. The van der Waals surface area contributed by atoms with Crippen molar-refractivity contribution in [2.45, 2.75) is 95.3 Å². The maximum Gasteiger partial charge on any atom is 0.141 e. The molecule has 0 bridgehead atoms. The molecule has 196 valence electrons. The van der Waals surface area contributed by atoms with Crippen LogP contribution in [0.25, 0.3) is 6.08 Å². The highest BCUT2D eigenvalue weighted by molar-refractivity contribution is 5.83. The second kappa shape index (κ2) is 11.4. The minimum atomic E-state index is 0.331. The molecule has 0 radical (unpaired) electrons. The standard InChI is InChI=1S/C36H41NO/c1-2-25-16-17-31(20-25)34-14-4-3-9-30(34)24-33(38)22-26-8-5-11-28(21-26)29-12-6-13-32(23-29)36-35-15-7-10-27(35)18-19-37-36/h3-5,7-9,11,14-15,18-19,21,25,29,31-32H,2,6,10,12-13,16-17,20,22-24H2,1H3/t25-,29?,31?,32?/m0/s1. The Morgan fingerprint density at radius 3 is 2.68 bits per heavy atom. The number of fused-ring (bicyclic) bond motifs is 1. The molecule has 3 aromatic rings. The number of pyridine rings is 1. The first kappa shape index (κ1) is 25.3. The summed E-state index contributed by atoms with van der Waals surface area (Å²) >= 11 is 0. The SMILES string of the molecule is CC[C@H]1CCC(c2ccccc2CC(=O)Cc2cccc(C3CCCC(c4nccc5c4C=CC5)C3)c2)C1. The van der Waals surface area contributed by atoms with Gasteiger partial charge < -0.3 is 0 Å². The highest BCUT2D eigenvalue weighted by atomic mass is 16.1. The van der Waals surface area contributed by atoms with Crippen molar-refractivity contribution in [1.29, 1.82) is 0 Å². The number of hydrogen-bond acceptors (Lipinski definition) is 2. The van der Waals surface area contributed by atoms with Crippen LogP contribution in [0.15, 0.2) is 66.9 Å². The Morgan fingerprint density at radius 1 is 0.895 bits per heavy atom. The van der Waals surface area contributed by atoms with Crippen LogP contribution in [0.1, 0.15) is 115 Å². The van der Waals surface area contributed by atoms with Gasteiger partial charge in [-0.15, -0.1) is 0 Å². The van der Waals surface area contributed by atoms with Crippen LogP contribution in [0, 0.1) is 5.92 Å². The summed E-state index contributed by atoms with van der Waals surface area (Å²) in [4.78, 5) is 18.1. The number of carbonyl (C=O) groups is 1. The van der Waals surface area contributed by atoms with E-state index < -0.39 is 0 Å². The van der Waals surface area contributed by atoms with Crippen molar-refractivity contribution in [2.75, 3.05) is 0 Å². The zero-order chi connectivity index (χ0) is 25.9. The summed E-state index contributed by atoms with van der Waals surface area (Å²) in [5.41, 5.74) is 9.36. The first-order chi connectivity index (χ1) is 18.7. The summed E-state index contributed by atoms with van der Waals surface area (Å²) in [5.74, 6) is 2.87. The lowest BCUT2D eigenvalue weighted by Crippen LogP contribution is -2.16. The number of ketones is 1. The molecule has 2 heteroatoms. The summed E-state index contributed by atoms with van der Waals surface area (Å²) in [7, 11) is 0. The summed E-state index contributed by atoms with van der Waals surface area (Å²) in [6.07, 6.45) is 18.7. The third-order valence-corrected chi connectivity index (χ3v) is 9.62. The van der Waals surface area contributed by atoms with Gasteiger partial charge in [-0.2, -0.15) is 0 Å². The lowest BCUT2D eigenvalue weighted by molar-refractivity contribution is -0.117. The fraction of sp³-hybridized carbons (Fsp3) is 0.444. The molecule has 1 heterocycles. The lowest BCUT2D eigenvalue weighted by atomic mass is 9.75. The van der Waals surface area contributed by atoms with Crippen molar-refractivity contribution in [1.82, 2.24) is 4.98 Å². The van der Waals surface area contributed by atoms with Gasteiger partial charge in [-0.1, -0.05) is 80.4 Å². The largest absolute Gasteiger partial charge is 0.299 e. The van der Waals surface area contributed by atoms with E-state index in [0.29, 0.717) is 36.4 Å². The number of allylic oxidation sites excluding steroid dienone is 1. The Labute approximate surface area is 228 Å². The predicted molar refractivity (Wildman–Crippen MR) is 157 cm³/mol. The van der Waals surface area contributed by atoms with Crippen LogP contribution in [-0.4, -0.2) is 10.8 Å².